The Morgan fingerprint density at radius 3 is 2.58 bits per heavy atom. The van der Waals surface area contributed by atoms with Crippen LogP contribution in [0.4, 0.5) is 4.39 Å². The number of benzene rings is 2. The fraction of sp³-hybridized carbons (Fsp3) is 0.235. The highest BCUT2D eigenvalue weighted by Crippen LogP contribution is 2.54. The van der Waals surface area contributed by atoms with Crippen LogP contribution in [0.3, 0.4) is 0 Å². The topological polar surface area (TPSA) is 17.1 Å². The second-order valence-corrected chi connectivity index (χ2v) is 5.42. The standard InChI is InChI=1S/C17H13FO/c18-11-7-8-13-12-4-1-2-5-14(12)17(15(13)10-11)9-3-6-16(17)19/h1-2,4-5,7-8,10H,3,6,9H2/t17-/m1/s1. The van der Waals surface area contributed by atoms with Crippen LogP contribution in [0.2, 0.25) is 0 Å². The van der Waals surface area contributed by atoms with Crippen molar-refractivity contribution in [2.75, 3.05) is 0 Å². The quantitative estimate of drug-likeness (QED) is 0.696. The normalized spacial score (nSPS) is 23.7. The first-order chi connectivity index (χ1) is 9.23. The Balaban J connectivity index is 2.12. The molecule has 2 heteroatoms. The van der Waals surface area contributed by atoms with Crippen LogP contribution < -0.4 is 0 Å². The highest BCUT2D eigenvalue weighted by molar-refractivity contribution is 6.03. The van der Waals surface area contributed by atoms with Gasteiger partial charge in [0.1, 0.15) is 11.6 Å². The summed E-state index contributed by atoms with van der Waals surface area (Å²) in [5.74, 6) is -0.0186. The first-order valence-electron chi connectivity index (χ1n) is 6.67. The van der Waals surface area contributed by atoms with Gasteiger partial charge in [-0.25, -0.2) is 4.39 Å². The van der Waals surface area contributed by atoms with E-state index in [1.807, 2.05) is 30.3 Å². The third kappa shape index (κ3) is 1.21. The van der Waals surface area contributed by atoms with Crippen LogP contribution in [-0.2, 0) is 10.2 Å². The molecule has 94 valence electrons. The van der Waals surface area contributed by atoms with Crippen molar-refractivity contribution in [2.45, 2.75) is 24.7 Å². The Bertz CT molecular complexity index is 704. The van der Waals surface area contributed by atoms with Gasteiger partial charge in [-0.3, -0.25) is 4.79 Å². The smallest absolute Gasteiger partial charge is 0.147 e. The number of fused-ring (bicyclic) bond motifs is 5. The molecule has 0 saturated heterocycles. The summed E-state index contributed by atoms with van der Waals surface area (Å²) in [5, 5.41) is 0. The van der Waals surface area contributed by atoms with E-state index in [1.165, 1.54) is 6.07 Å². The lowest BCUT2D eigenvalue weighted by molar-refractivity contribution is -0.120. The summed E-state index contributed by atoms with van der Waals surface area (Å²) in [4.78, 5) is 12.5. The molecule has 2 aliphatic carbocycles. The molecule has 0 N–H and O–H groups in total. The van der Waals surface area contributed by atoms with Gasteiger partial charge in [0.25, 0.3) is 0 Å². The molecule has 0 radical (unpaired) electrons. The molecule has 1 saturated carbocycles. The molecule has 1 nitrogen and oxygen atoms in total. The zero-order valence-electron chi connectivity index (χ0n) is 10.4. The van der Waals surface area contributed by atoms with E-state index in [4.69, 9.17) is 0 Å². The fourth-order valence-electron chi connectivity index (χ4n) is 3.78. The molecule has 0 aliphatic heterocycles. The maximum atomic E-state index is 13.6. The van der Waals surface area contributed by atoms with Crippen molar-refractivity contribution in [3.05, 3.63) is 59.4 Å². The third-order valence-electron chi connectivity index (χ3n) is 4.55. The second kappa shape index (κ2) is 3.53. The minimum Gasteiger partial charge on any atom is -0.298 e. The van der Waals surface area contributed by atoms with Crippen molar-refractivity contribution in [1.29, 1.82) is 0 Å². The first kappa shape index (κ1) is 10.9. The summed E-state index contributed by atoms with van der Waals surface area (Å²) in [7, 11) is 0. The predicted octanol–water partition coefficient (Wildman–Crippen LogP) is 3.85. The van der Waals surface area contributed by atoms with Gasteiger partial charge in [0.05, 0.1) is 5.41 Å². The number of hydrogen-bond donors (Lipinski definition) is 0. The summed E-state index contributed by atoms with van der Waals surface area (Å²) in [6.07, 6.45) is 2.30. The predicted molar refractivity (Wildman–Crippen MR) is 71.5 cm³/mol. The van der Waals surface area contributed by atoms with Gasteiger partial charge in [-0.1, -0.05) is 30.3 Å². The minimum absolute atomic E-state index is 0.240. The van der Waals surface area contributed by atoms with Gasteiger partial charge in [-0.15, -0.1) is 0 Å². The largest absolute Gasteiger partial charge is 0.298 e. The fourth-order valence-corrected chi connectivity index (χ4v) is 3.78. The van der Waals surface area contributed by atoms with Gasteiger partial charge in [0, 0.05) is 6.42 Å². The summed E-state index contributed by atoms with van der Waals surface area (Å²) in [6.45, 7) is 0. The van der Waals surface area contributed by atoms with Crippen LogP contribution in [0.25, 0.3) is 11.1 Å². The maximum absolute atomic E-state index is 13.6. The van der Waals surface area contributed by atoms with Crippen molar-refractivity contribution < 1.29 is 9.18 Å². The molecule has 1 fully saturated rings. The van der Waals surface area contributed by atoms with Crippen LogP contribution in [-0.4, -0.2) is 5.78 Å². The van der Waals surface area contributed by atoms with Crippen molar-refractivity contribution in [3.63, 3.8) is 0 Å². The Morgan fingerprint density at radius 1 is 1.00 bits per heavy atom. The van der Waals surface area contributed by atoms with Gasteiger partial charge >= 0.3 is 0 Å². The molecule has 1 atom stereocenters. The number of carbonyl (C=O) groups excluding carboxylic acids is 1. The summed E-state index contributed by atoms with van der Waals surface area (Å²) >= 11 is 0. The van der Waals surface area contributed by atoms with Gasteiger partial charge in [0.15, 0.2) is 0 Å². The monoisotopic (exact) mass is 252 g/mol. The number of Topliss-reactive ketones (excluding diaryl/α,β-unsaturated/α-hetero) is 1. The van der Waals surface area contributed by atoms with E-state index in [0.717, 1.165) is 35.1 Å². The van der Waals surface area contributed by atoms with E-state index in [2.05, 4.69) is 0 Å². The van der Waals surface area contributed by atoms with Crippen LogP contribution in [0.5, 0.6) is 0 Å². The van der Waals surface area contributed by atoms with E-state index in [1.54, 1.807) is 6.07 Å². The van der Waals surface area contributed by atoms with Gasteiger partial charge in [-0.2, -0.15) is 0 Å². The van der Waals surface area contributed by atoms with Crippen molar-refractivity contribution >= 4 is 5.78 Å². The van der Waals surface area contributed by atoms with Crippen molar-refractivity contribution in [2.24, 2.45) is 0 Å². The Labute approximate surface area is 111 Å². The highest BCUT2D eigenvalue weighted by atomic mass is 19.1. The third-order valence-corrected chi connectivity index (χ3v) is 4.55. The number of halogens is 1. The molecule has 2 aromatic carbocycles. The van der Waals surface area contributed by atoms with E-state index >= 15 is 0 Å². The van der Waals surface area contributed by atoms with Crippen molar-refractivity contribution in [3.8, 4) is 11.1 Å². The summed E-state index contributed by atoms with van der Waals surface area (Å²) in [5.41, 5.74) is 3.47. The summed E-state index contributed by atoms with van der Waals surface area (Å²) < 4.78 is 13.6. The van der Waals surface area contributed by atoms with E-state index in [9.17, 15) is 9.18 Å². The molecule has 0 bridgehead atoms. The Kier molecular flexibility index (Phi) is 2.03. The van der Waals surface area contributed by atoms with E-state index in [0.29, 0.717) is 6.42 Å². The molecular weight excluding hydrogens is 239 g/mol. The second-order valence-electron chi connectivity index (χ2n) is 5.42. The lowest BCUT2D eigenvalue weighted by atomic mass is 9.76. The number of carbonyl (C=O) groups is 1. The lowest BCUT2D eigenvalue weighted by Gasteiger charge is -2.24. The zero-order chi connectivity index (χ0) is 13.0. The Morgan fingerprint density at radius 2 is 1.79 bits per heavy atom. The molecule has 4 rings (SSSR count). The SMILES string of the molecule is O=C1CCC[C@]12c1ccccc1-c1ccc(F)cc12. The van der Waals surface area contributed by atoms with Gasteiger partial charge in [-0.05, 0) is 47.2 Å². The van der Waals surface area contributed by atoms with Crippen LogP contribution in [0.15, 0.2) is 42.5 Å². The lowest BCUT2D eigenvalue weighted by Crippen LogP contribution is -2.29. The number of ketones is 1. The van der Waals surface area contributed by atoms with E-state index in [-0.39, 0.29) is 11.6 Å². The molecule has 19 heavy (non-hydrogen) atoms. The number of hydrogen-bond acceptors (Lipinski definition) is 1. The van der Waals surface area contributed by atoms with Crippen LogP contribution >= 0.6 is 0 Å². The number of rotatable bonds is 0. The van der Waals surface area contributed by atoms with Crippen LogP contribution in [0.1, 0.15) is 30.4 Å². The maximum Gasteiger partial charge on any atom is 0.147 e. The van der Waals surface area contributed by atoms with Crippen LogP contribution in [0, 0.1) is 5.82 Å². The molecule has 0 amide bonds. The molecule has 0 unspecified atom stereocenters. The molecule has 0 heterocycles. The van der Waals surface area contributed by atoms with Gasteiger partial charge in [0.2, 0.25) is 0 Å². The summed E-state index contributed by atoms with van der Waals surface area (Å²) in [6, 6.07) is 12.8. The Hall–Kier alpha value is -1.96. The zero-order valence-corrected chi connectivity index (χ0v) is 10.4. The molecular formula is C17H13FO. The van der Waals surface area contributed by atoms with E-state index < -0.39 is 5.41 Å². The highest BCUT2D eigenvalue weighted by Gasteiger charge is 2.50. The molecule has 2 aliphatic rings. The average Bonchev–Trinajstić information content (AvgIpc) is 2.93. The van der Waals surface area contributed by atoms with Gasteiger partial charge < -0.3 is 0 Å². The van der Waals surface area contributed by atoms with Crippen molar-refractivity contribution in [1.82, 2.24) is 0 Å². The molecule has 2 aromatic rings. The first-order valence-corrected chi connectivity index (χ1v) is 6.67. The average molecular weight is 252 g/mol. The molecule has 1 spiro atoms. The molecule has 0 aromatic heterocycles. The minimum atomic E-state index is -0.575.